The Balaban J connectivity index is 1.60. The number of amides is 2. The highest BCUT2D eigenvalue weighted by Gasteiger charge is 2.31. The van der Waals surface area contributed by atoms with E-state index in [9.17, 15) is 9.59 Å². The van der Waals surface area contributed by atoms with Gasteiger partial charge in [0.25, 0.3) is 5.91 Å². The number of methoxy groups -OCH3 is 1. The van der Waals surface area contributed by atoms with E-state index in [0.29, 0.717) is 31.7 Å². The van der Waals surface area contributed by atoms with Crippen molar-refractivity contribution < 1.29 is 14.3 Å². The van der Waals surface area contributed by atoms with Gasteiger partial charge < -0.3 is 24.4 Å². The Bertz CT molecular complexity index is 946. The second-order valence-corrected chi connectivity index (χ2v) is 8.49. The summed E-state index contributed by atoms with van der Waals surface area (Å²) in [5.74, 6) is 0.699. The fourth-order valence-electron chi connectivity index (χ4n) is 4.93. The van der Waals surface area contributed by atoms with E-state index in [1.165, 1.54) is 32.4 Å². The molecule has 7 heteroatoms. The molecule has 2 aromatic rings. The van der Waals surface area contributed by atoms with Crippen molar-refractivity contribution in [1.82, 2.24) is 14.8 Å². The molecule has 2 aliphatic rings. The van der Waals surface area contributed by atoms with Crippen LogP contribution in [0, 0.1) is 0 Å². The number of ether oxygens (including phenoxy) is 1. The Morgan fingerprint density at radius 1 is 1.13 bits per heavy atom. The number of aromatic nitrogens is 1. The first kappa shape index (κ1) is 21.7. The van der Waals surface area contributed by atoms with Crippen LogP contribution in [-0.4, -0.2) is 61.1 Å². The lowest BCUT2D eigenvalue weighted by molar-refractivity contribution is -0.117. The van der Waals surface area contributed by atoms with Crippen molar-refractivity contribution >= 4 is 28.4 Å². The van der Waals surface area contributed by atoms with Gasteiger partial charge in [-0.25, -0.2) is 0 Å². The summed E-state index contributed by atoms with van der Waals surface area (Å²) in [6, 6.07) is 5.83. The number of benzene rings is 1. The molecular formula is C24H34N4O3. The minimum absolute atomic E-state index is 0.0807. The second kappa shape index (κ2) is 9.73. The van der Waals surface area contributed by atoms with Crippen LogP contribution in [0.3, 0.4) is 0 Å². The van der Waals surface area contributed by atoms with Crippen LogP contribution in [0.4, 0.5) is 5.69 Å². The minimum Gasteiger partial charge on any atom is -0.497 e. The Labute approximate surface area is 184 Å². The highest BCUT2D eigenvalue weighted by atomic mass is 16.5. The molecule has 0 saturated carbocycles. The molecule has 1 aromatic heterocycles. The topological polar surface area (TPSA) is 66.8 Å². The van der Waals surface area contributed by atoms with E-state index in [0.717, 1.165) is 41.7 Å². The number of hydrogen-bond donors (Lipinski definition) is 1. The predicted octanol–water partition coefficient (Wildman–Crippen LogP) is 3.40. The van der Waals surface area contributed by atoms with Gasteiger partial charge in [-0.1, -0.05) is 6.42 Å². The largest absolute Gasteiger partial charge is 0.497 e. The van der Waals surface area contributed by atoms with E-state index in [1.807, 2.05) is 29.7 Å². The van der Waals surface area contributed by atoms with Crippen LogP contribution in [-0.2, 0) is 11.3 Å². The van der Waals surface area contributed by atoms with E-state index >= 15 is 0 Å². The maximum Gasteiger partial charge on any atom is 0.270 e. The number of aryl methyl sites for hydroxylation is 1. The Hall–Kier alpha value is -2.54. The summed E-state index contributed by atoms with van der Waals surface area (Å²) >= 11 is 0. The first-order chi connectivity index (χ1) is 15.1. The van der Waals surface area contributed by atoms with Crippen LogP contribution >= 0.6 is 0 Å². The van der Waals surface area contributed by atoms with Gasteiger partial charge in [0.2, 0.25) is 5.91 Å². The average Bonchev–Trinajstić information content (AvgIpc) is 3.36. The molecule has 2 amide bonds. The van der Waals surface area contributed by atoms with Gasteiger partial charge in [0, 0.05) is 31.4 Å². The van der Waals surface area contributed by atoms with E-state index in [-0.39, 0.29) is 11.8 Å². The minimum atomic E-state index is -0.106. The first-order valence-corrected chi connectivity index (χ1v) is 11.6. The Morgan fingerprint density at radius 2 is 1.94 bits per heavy atom. The first-order valence-electron chi connectivity index (χ1n) is 11.6. The second-order valence-electron chi connectivity index (χ2n) is 8.49. The van der Waals surface area contributed by atoms with Gasteiger partial charge in [-0.15, -0.1) is 0 Å². The van der Waals surface area contributed by atoms with E-state index in [1.54, 1.807) is 12.0 Å². The van der Waals surface area contributed by atoms with Crippen LogP contribution in [0.5, 0.6) is 5.75 Å². The highest BCUT2D eigenvalue weighted by molar-refractivity contribution is 6.14. The molecule has 1 N–H and O–H groups in total. The number of fused-ring (bicyclic) bond motifs is 1. The number of hydrogen-bond acceptors (Lipinski definition) is 4. The molecule has 1 aromatic carbocycles. The van der Waals surface area contributed by atoms with Crippen LogP contribution < -0.4 is 15.0 Å². The van der Waals surface area contributed by atoms with Gasteiger partial charge in [0.05, 0.1) is 18.3 Å². The smallest absolute Gasteiger partial charge is 0.270 e. The maximum atomic E-state index is 13.4. The molecule has 4 rings (SSSR count). The summed E-state index contributed by atoms with van der Waals surface area (Å²) in [7, 11) is 1.63. The van der Waals surface area contributed by atoms with Crippen LogP contribution in [0.1, 0.15) is 55.9 Å². The Kier molecular flexibility index (Phi) is 6.80. The number of anilines is 1. The quantitative estimate of drug-likeness (QED) is 0.657. The normalized spacial score (nSPS) is 17.5. The van der Waals surface area contributed by atoms with Crippen LogP contribution in [0.15, 0.2) is 18.2 Å². The summed E-state index contributed by atoms with van der Waals surface area (Å²) in [4.78, 5) is 30.3. The monoisotopic (exact) mass is 426 g/mol. The van der Waals surface area contributed by atoms with Gasteiger partial charge >= 0.3 is 0 Å². The zero-order valence-corrected chi connectivity index (χ0v) is 18.8. The lowest BCUT2D eigenvalue weighted by Crippen LogP contribution is -2.34. The van der Waals surface area contributed by atoms with Crippen molar-refractivity contribution in [2.75, 3.05) is 44.7 Å². The summed E-state index contributed by atoms with van der Waals surface area (Å²) < 4.78 is 7.45. The molecule has 0 bridgehead atoms. The number of nitrogens with one attached hydrogen (secondary N) is 1. The molecule has 2 saturated heterocycles. The van der Waals surface area contributed by atoms with E-state index in [4.69, 9.17) is 4.74 Å². The van der Waals surface area contributed by atoms with Gasteiger partial charge in [0.15, 0.2) is 0 Å². The molecule has 0 spiro atoms. The van der Waals surface area contributed by atoms with Gasteiger partial charge in [-0.3, -0.25) is 9.59 Å². The number of carbonyl (C=O) groups is 2. The van der Waals surface area contributed by atoms with Gasteiger partial charge in [-0.05, 0) is 70.4 Å². The van der Waals surface area contributed by atoms with E-state index < -0.39 is 0 Å². The molecule has 2 aliphatic heterocycles. The highest BCUT2D eigenvalue weighted by Crippen LogP contribution is 2.38. The van der Waals surface area contributed by atoms with E-state index in [2.05, 4.69) is 10.2 Å². The third kappa shape index (κ3) is 4.42. The lowest BCUT2D eigenvalue weighted by atomic mass is 10.1. The molecule has 0 radical (unpaired) electrons. The molecule has 31 heavy (non-hydrogen) atoms. The van der Waals surface area contributed by atoms with Crippen LogP contribution in [0.2, 0.25) is 0 Å². The summed E-state index contributed by atoms with van der Waals surface area (Å²) in [6.07, 6.45) is 6.17. The fourth-order valence-corrected chi connectivity index (χ4v) is 4.93. The Morgan fingerprint density at radius 3 is 2.61 bits per heavy atom. The molecule has 7 nitrogen and oxygen atoms in total. The van der Waals surface area contributed by atoms with Crippen molar-refractivity contribution in [2.45, 2.75) is 52.0 Å². The maximum absolute atomic E-state index is 13.4. The third-order valence-electron chi connectivity index (χ3n) is 6.50. The fraction of sp³-hybridized carbons (Fsp3) is 0.583. The zero-order valence-electron chi connectivity index (χ0n) is 18.8. The zero-order chi connectivity index (χ0) is 21.8. The summed E-state index contributed by atoms with van der Waals surface area (Å²) in [6.45, 7) is 7.33. The van der Waals surface area contributed by atoms with Crippen molar-refractivity contribution in [3.8, 4) is 5.75 Å². The lowest BCUT2D eigenvalue weighted by Gasteiger charge is -2.26. The molecule has 168 valence electrons. The number of rotatable bonds is 8. The van der Waals surface area contributed by atoms with Crippen molar-refractivity contribution in [3.63, 3.8) is 0 Å². The molecular weight excluding hydrogens is 392 g/mol. The predicted molar refractivity (Wildman–Crippen MR) is 123 cm³/mol. The van der Waals surface area contributed by atoms with Crippen molar-refractivity contribution in [1.29, 1.82) is 0 Å². The SMILES string of the molecule is CCn1c(C(=O)NCCCN2CCCCC2)c(N2CCCC2=O)c2cc(OC)ccc21. The van der Waals surface area contributed by atoms with Crippen molar-refractivity contribution in [3.05, 3.63) is 23.9 Å². The van der Waals surface area contributed by atoms with Gasteiger partial charge in [0.1, 0.15) is 11.4 Å². The number of carbonyl (C=O) groups excluding carboxylic acids is 2. The number of nitrogens with zero attached hydrogens (tertiary/aromatic N) is 3. The van der Waals surface area contributed by atoms with Crippen molar-refractivity contribution in [2.24, 2.45) is 0 Å². The molecule has 0 atom stereocenters. The molecule has 0 unspecified atom stereocenters. The number of piperidine rings is 1. The van der Waals surface area contributed by atoms with Gasteiger partial charge in [-0.2, -0.15) is 0 Å². The molecule has 0 aliphatic carbocycles. The summed E-state index contributed by atoms with van der Waals surface area (Å²) in [5, 5.41) is 4.02. The molecule has 3 heterocycles. The number of likely N-dealkylation sites (tertiary alicyclic amines) is 1. The third-order valence-corrected chi connectivity index (χ3v) is 6.50. The summed E-state index contributed by atoms with van der Waals surface area (Å²) in [5.41, 5.74) is 2.27. The van der Waals surface area contributed by atoms with Crippen LogP contribution in [0.25, 0.3) is 10.9 Å². The standard InChI is InChI=1S/C24H34N4O3/c1-3-27-20-11-10-18(31-2)17-19(20)22(28-16-7-9-21(28)29)23(27)24(30)25-12-8-15-26-13-5-4-6-14-26/h10-11,17H,3-9,12-16H2,1-2H3,(H,25,30). The molecule has 2 fully saturated rings. The average molecular weight is 427 g/mol.